The first kappa shape index (κ1) is 24.3. The largest absolute Gasteiger partial charge is 0.350 e. The first-order chi connectivity index (χ1) is 14.5. The number of benzene rings is 2. The van der Waals surface area contributed by atoms with Gasteiger partial charge in [0.25, 0.3) is 5.91 Å². The molecule has 0 bridgehead atoms. The summed E-state index contributed by atoms with van der Waals surface area (Å²) in [5, 5.41) is 5.36. The van der Waals surface area contributed by atoms with Crippen molar-refractivity contribution >= 4 is 33.2 Å². The van der Waals surface area contributed by atoms with Gasteiger partial charge in [-0.2, -0.15) is 0 Å². The molecule has 168 valence electrons. The highest BCUT2D eigenvalue weighted by molar-refractivity contribution is 7.92. The summed E-state index contributed by atoms with van der Waals surface area (Å²) in [6.07, 6.45) is 1.57. The van der Waals surface area contributed by atoms with Gasteiger partial charge >= 0.3 is 0 Å². The van der Waals surface area contributed by atoms with Crippen molar-refractivity contribution in [1.82, 2.24) is 5.32 Å². The number of halogens is 2. The lowest BCUT2D eigenvalue weighted by molar-refractivity contribution is -0.116. The Balaban J connectivity index is 2.33. The summed E-state index contributed by atoms with van der Waals surface area (Å²) in [4.78, 5) is 25.4. The van der Waals surface area contributed by atoms with Crippen molar-refractivity contribution in [1.29, 1.82) is 0 Å². The lowest BCUT2D eigenvalue weighted by Gasteiger charge is -2.28. The van der Waals surface area contributed by atoms with Gasteiger partial charge in [-0.05, 0) is 44.5 Å². The topological polar surface area (TPSA) is 95.6 Å². The predicted octanol–water partition coefficient (Wildman–Crippen LogP) is 3.29. The average Bonchev–Trinajstić information content (AvgIpc) is 2.69. The molecule has 31 heavy (non-hydrogen) atoms. The number of anilines is 2. The third-order valence-electron chi connectivity index (χ3n) is 4.67. The van der Waals surface area contributed by atoms with Crippen LogP contribution in [0.3, 0.4) is 0 Å². The molecular weight excluding hydrogens is 428 g/mol. The number of amides is 2. The van der Waals surface area contributed by atoms with E-state index in [1.54, 1.807) is 12.1 Å². The Bertz CT molecular complexity index is 1080. The molecule has 2 rings (SSSR count). The minimum absolute atomic E-state index is 0.0794. The molecular formula is C21H25F2N3O4S. The van der Waals surface area contributed by atoms with Gasteiger partial charge in [-0.3, -0.25) is 13.9 Å². The minimum Gasteiger partial charge on any atom is -0.350 e. The third kappa shape index (κ3) is 6.00. The van der Waals surface area contributed by atoms with Crippen molar-refractivity contribution in [3.8, 4) is 0 Å². The van der Waals surface area contributed by atoms with E-state index in [2.05, 4.69) is 10.6 Å². The summed E-state index contributed by atoms with van der Waals surface area (Å²) in [5.74, 6) is -3.53. The molecule has 2 aromatic carbocycles. The van der Waals surface area contributed by atoms with Gasteiger partial charge in [-0.1, -0.05) is 19.1 Å². The Morgan fingerprint density at radius 2 is 1.71 bits per heavy atom. The van der Waals surface area contributed by atoms with Crippen molar-refractivity contribution in [3.05, 3.63) is 59.7 Å². The number of hydrogen-bond acceptors (Lipinski definition) is 4. The first-order valence-electron chi connectivity index (χ1n) is 9.60. The van der Waals surface area contributed by atoms with Crippen molar-refractivity contribution in [2.75, 3.05) is 15.9 Å². The molecule has 7 nitrogen and oxygen atoms in total. The summed E-state index contributed by atoms with van der Waals surface area (Å²) in [7, 11) is -4.03. The molecule has 0 unspecified atom stereocenters. The predicted molar refractivity (Wildman–Crippen MR) is 115 cm³/mol. The van der Waals surface area contributed by atoms with Crippen LogP contribution in [-0.2, 0) is 14.8 Å². The molecule has 0 saturated carbocycles. The van der Waals surface area contributed by atoms with E-state index in [1.165, 1.54) is 19.1 Å². The SMILES string of the molecule is CC[C@@H](C)NC(=O)c1ccccc1NC(=O)[C@@H](C)N(c1ccc(F)c(F)c1)S(C)(=O)=O. The van der Waals surface area contributed by atoms with Crippen molar-refractivity contribution in [3.63, 3.8) is 0 Å². The van der Waals surface area contributed by atoms with Gasteiger partial charge in [0.05, 0.1) is 23.2 Å². The summed E-state index contributed by atoms with van der Waals surface area (Å²) < 4.78 is 52.3. The second-order valence-electron chi connectivity index (χ2n) is 7.15. The maximum atomic E-state index is 13.7. The van der Waals surface area contributed by atoms with Crippen LogP contribution in [0.15, 0.2) is 42.5 Å². The quantitative estimate of drug-likeness (QED) is 0.641. The molecule has 0 heterocycles. The van der Waals surface area contributed by atoms with Crippen LogP contribution < -0.4 is 14.9 Å². The van der Waals surface area contributed by atoms with E-state index in [0.29, 0.717) is 10.4 Å². The molecule has 0 aromatic heterocycles. The summed E-state index contributed by atoms with van der Waals surface area (Å²) in [6, 6.07) is 7.44. The fourth-order valence-corrected chi connectivity index (χ4v) is 4.03. The molecule has 2 N–H and O–H groups in total. The van der Waals surface area contributed by atoms with E-state index >= 15 is 0 Å². The number of para-hydroxylation sites is 1. The maximum Gasteiger partial charge on any atom is 0.253 e. The molecule has 0 aliphatic rings. The zero-order valence-electron chi connectivity index (χ0n) is 17.6. The Morgan fingerprint density at radius 1 is 1.06 bits per heavy atom. The third-order valence-corrected chi connectivity index (χ3v) is 5.91. The highest BCUT2D eigenvalue weighted by Gasteiger charge is 2.30. The Morgan fingerprint density at radius 3 is 2.29 bits per heavy atom. The fraction of sp³-hybridized carbons (Fsp3) is 0.333. The van der Waals surface area contributed by atoms with Gasteiger partial charge < -0.3 is 10.6 Å². The van der Waals surface area contributed by atoms with Gasteiger partial charge in [0.2, 0.25) is 15.9 Å². The number of carbonyl (C=O) groups excluding carboxylic acids is 2. The van der Waals surface area contributed by atoms with E-state index in [0.717, 1.165) is 24.8 Å². The fourth-order valence-electron chi connectivity index (χ4n) is 2.86. The van der Waals surface area contributed by atoms with Crippen LogP contribution in [0.2, 0.25) is 0 Å². The van der Waals surface area contributed by atoms with Crippen LogP contribution in [0.5, 0.6) is 0 Å². The van der Waals surface area contributed by atoms with Crippen molar-refractivity contribution < 1.29 is 26.8 Å². The Hall–Kier alpha value is -3.01. The van der Waals surface area contributed by atoms with Gasteiger partial charge in [0.15, 0.2) is 11.6 Å². The van der Waals surface area contributed by atoms with Crippen LogP contribution in [0.4, 0.5) is 20.2 Å². The van der Waals surface area contributed by atoms with Crippen LogP contribution in [0.1, 0.15) is 37.6 Å². The number of nitrogens with zero attached hydrogens (tertiary/aromatic N) is 1. The van der Waals surface area contributed by atoms with Crippen LogP contribution in [-0.4, -0.2) is 38.6 Å². The number of sulfonamides is 1. The molecule has 10 heteroatoms. The van der Waals surface area contributed by atoms with Crippen LogP contribution in [0.25, 0.3) is 0 Å². The van der Waals surface area contributed by atoms with E-state index < -0.39 is 39.5 Å². The number of hydrogen-bond donors (Lipinski definition) is 2. The first-order valence-corrected chi connectivity index (χ1v) is 11.5. The normalized spacial score (nSPS) is 13.2. The number of nitrogens with one attached hydrogen (secondary N) is 2. The second-order valence-corrected chi connectivity index (χ2v) is 9.01. The van der Waals surface area contributed by atoms with E-state index in [9.17, 15) is 26.8 Å². The molecule has 0 fully saturated rings. The summed E-state index contributed by atoms with van der Waals surface area (Å²) in [6.45, 7) is 5.06. The molecule has 2 atom stereocenters. The van der Waals surface area contributed by atoms with E-state index in [-0.39, 0.29) is 23.0 Å². The molecule has 2 amide bonds. The Kier molecular flexibility index (Phi) is 7.72. The van der Waals surface area contributed by atoms with E-state index in [4.69, 9.17) is 0 Å². The molecule has 0 aliphatic heterocycles. The standard InChI is InChI=1S/C21H25F2N3O4S/c1-5-13(2)24-21(28)16-8-6-7-9-19(16)25-20(27)14(3)26(31(4,29)30)15-10-11-17(22)18(23)12-15/h6-14H,5H2,1-4H3,(H,24,28)(H,25,27)/t13-,14-/m1/s1. The van der Waals surface area contributed by atoms with Gasteiger partial charge in [-0.25, -0.2) is 17.2 Å². The summed E-state index contributed by atoms with van der Waals surface area (Å²) >= 11 is 0. The molecule has 0 saturated heterocycles. The second kappa shape index (κ2) is 9.86. The molecule has 0 spiro atoms. The van der Waals surface area contributed by atoms with Gasteiger partial charge in [0.1, 0.15) is 6.04 Å². The monoisotopic (exact) mass is 453 g/mol. The number of carbonyl (C=O) groups is 2. The zero-order chi connectivity index (χ0) is 23.3. The smallest absolute Gasteiger partial charge is 0.253 e. The average molecular weight is 454 g/mol. The van der Waals surface area contributed by atoms with Gasteiger partial charge in [0, 0.05) is 12.1 Å². The number of rotatable bonds is 8. The molecule has 2 aromatic rings. The van der Waals surface area contributed by atoms with Crippen LogP contribution >= 0.6 is 0 Å². The minimum atomic E-state index is -4.03. The van der Waals surface area contributed by atoms with Gasteiger partial charge in [-0.15, -0.1) is 0 Å². The lowest BCUT2D eigenvalue weighted by atomic mass is 10.1. The summed E-state index contributed by atoms with van der Waals surface area (Å²) in [5.41, 5.74) is 0.202. The van der Waals surface area contributed by atoms with Crippen molar-refractivity contribution in [2.45, 2.75) is 39.3 Å². The maximum absolute atomic E-state index is 13.7. The highest BCUT2D eigenvalue weighted by Crippen LogP contribution is 2.24. The lowest BCUT2D eigenvalue weighted by Crippen LogP contribution is -2.45. The van der Waals surface area contributed by atoms with Crippen molar-refractivity contribution in [2.24, 2.45) is 0 Å². The molecule has 0 radical (unpaired) electrons. The highest BCUT2D eigenvalue weighted by atomic mass is 32.2. The zero-order valence-corrected chi connectivity index (χ0v) is 18.5. The van der Waals surface area contributed by atoms with E-state index in [1.807, 2.05) is 13.8 Å². The Labute approximate surface area is 180 Å². The van der Waals surface area contributed by atoms with Crippen LogP contribution in [0, 0.1) is 11.6 Å². The molecule has 0 aliphatic carbocycles.